The van der Waals surface area contributed by atoms with Crippen LogP contribution in [-0.4, -0.2) is 10.9 Å². The van der Waals surface area contributed by atoms with E-state index in [4.69, 9.17) is 0 Å². The largest absolute Gasteiger partial charge is 0.323 e. The van der Waals surface area contributed by atoms with E-state index in [0.29, 0.717) is 0 Å². The van der Waals surface area contributed by atoms with Gasteiger partial charge >= 0.3 is 0 Å². The van der Waals surface area contributed by atoms with Crippen molar-refractivity contribution in [3.8, 4) is 0 Å². The molecule has 4 heteroatoms. The first kappa shape index (κ1) is 12.5. The van der Waals surface area contributed by atoms with Crippen molar-refractivity contribution in [2.75, 3.05) is 5.32 Å². The van der Waals surface area contributed by atoms with E-state index in [1.165, 1.54) is 6.08 Å². The third-order valence-corrected chi connectivity index (χ3v) is 2.75. The van der Waals surface area contributed by atoms with E-state index in [-0.39, 0.29) is 5.91 Å². The third-order valence-electron chi connectivity index (χ3n) is 2.22. The number of carbonyl (C=O) groups excluding carboxylic acids is 1. The Balaban J connectivity index is 1.97. The number of anilines is 1. The average molecular weight is 303 g/mol. The second kappa shape index (κ2) is 6.12. The second-order valence-corrected chi connectivity index (χ2v) is 4.53. The predicted molar refractivity (Wildman–Crippen MR) is 76.0 cm³/mol. The van der Waals surface area contributed by atoms with Crippen molar-refractivity contribution in [3.05, 3.63) is 64.9 Å². The Bertz CT molecular complexity index is 550. The van der Waals surface area contributed by atoms with Crippen LogP contribution >= 0.6 is 15.9 Å². The molecular formula is C14H11BrN2O. The number of nitrogens with zero attached hydrogens (tertiary/aromatic N) is 1. The van der Waals surface area contributed by atoms with Gasteiger partial charge in [0.25, 0.3) is 0 Å². The first-order valence-electron chi connectivity index (χ1n) is 5.39. The van der Waals surface area contributed by atoms with Gasteiger partial charge in [-0.2, -0.15) is 0 Å². The van der Waals surface area contributed by atoms with Gasteiger partial charge in [0, 0.05) is 28.6 Å². The van der Waals surface area contributed by atoms with E-state index < -0.39 is 0 Å². The highest BCUT2D eigenvalue weighted by molar-refractivity contribution is 9.10. The summed E-state index contributed by atoms with van der Waals surface area (Å²) in [5.41, 5.74) is 1.66. The number of aromatic nitrogens is 1. The highest BCUT2D eigenvalue weighted by Gasteiger charge is 1.97. The maximum absolute atomic E-state index is 11.6. The molecule has 1 N–H and O–H groups in total. The molecule has 90 valence electrons. The number of hydrogen-bond acceptors (Lipinski definition) is 2. The molecule has 18 heavy (non-hydrogen) atoms. The van der Waals surface area contributed by atoms with Crippen LogP contribution in [0.25, 0.3) is 6.08 Å². The Morgan fingerprint density at radius 1 is 1.22 bits per heavy atom. The molecule has 1 amide bonds. The topological polar surface area (TPSA) is 42.0 Å². The van der Waals surface area contributed by atoms with Crippen molar-refractivity contribution in [2.45, 2.75) is 0 Å². The summed E-state index contributed by atoms with van der Waals surface area (Å²) in [6.07, 6.45) is 6.60. The van der Waals surface area contributed by atoms with E-state index in [9.17, 15) is 4.79 Å². The average Bonchev–Trinajstić information content (AvgIpc) is 2.40. The molecule has 0 fully saturated rings. The van der Waals surface area contributed by atoms with Crippen LogP contribution in [0, 0.1) is 0 Å². The van der Waals surface area contributed by atoms with E-state index in [2.05, 4.69) is 26.2 Å². The summed E-state index contributed by atoms with van der Waals surface area (Å²) in [6, 6.07) is 11.1. The normalized spacial score (nSPS) is 10.5. The molecular weight excluding hydrogens is 292 g/mol. The van der Waals surface area contributed by atoms with Gasteiger partial charge in [-0.1, -0.05) is 22.0 Å². The van der Waals surface area contributed by atoms with Gasteiger partial charge in [-0.15, -0.1) is 0 Å². The molecule has 0 saturated heterocycles. The van der Waals surface area contributed by atoms with E-state index in [1.54, 1.807) is 18.5 Å². The summed E-state index contributed by atoms with van der Waals surface area (Å²) >= 11 is 3.34. The summed E-state index contributed by atoms with van der Waals surface area (Å²) in [5.74, 6) is -0.166. The van der Waals surface area contributed by atoms with Gasteiger partial charge in [-0.25, -0.2) is 0 Å². The Kier molecular flexibility index (Phi) is 4.25. The molecule has 0 radical (unpaired) electrons. The lowest BCUT2D eigenvalue weighted by Crippen LogP contribution is -2.07. The number of carbonyl (C=O) groups is 1. The summed E-state index contributed by atoms with van der Waals surface area (Å²) in [4.78, 5) is 15.6. The Morgan fingerprint density at radius 3 is 2.67 bits per heavy atom. The minimum absolute atomic E-state index is 0.166. The monoisotopic (exact) mass is 302 g/mol. The van der Waals surface area contributed by atoms with Gasteiger partial charge in [-0.05, 0) is 42.0 Å². The summed E-state index contributed by atoms with van der Waals surface area (Å²) in [7, 11) is 0. The number of amides is 1. The van der Waals surface area contributed by atoms with Crippen molar-refractivity contribution in [3.63, 3.8) is 0 Å². The van der Waals surface area contributed by atoms with Crippen LogP contribution in [0.5, 0.6) is 0 Å². The number of pyridine rings is 1. The lowest BCUT2D eigenvalue weighted by atomic mass is 10.2. The fourth-order valence-electron chi connectivity index (χ4n) is 1.36. The molecule has 0 unspecified atom stereocenters. The number of nitrogens with one attached hydrogen (secondary N) is 1. The first-order chi connectivity index (χ1) is 8.74. The first-order valence-corrected chi connectivity index (χ1v) is 6.18. The lowest BCUT2D eigenvalue weighted by Gasteiger charge is -2.01. The molecule has 0 spiro atoms. The van der Waals surface area contributed by atoms with Crippen molar-refractivity contribution in [1.82, 2.24) is 4.98 Å². The van der Waals surface area contributed by atoms with Crippen LogP contribution in [0.1, 0.15) is 5.56 Å². The van der Waals surface area contributed by atoms with Crippen LogP contribution in [0.4, 0.5) is 5.69 Å². The van der Waals surface area contributed by atoms with Crippen LogP contribution < -0.4 is 5.32 Å². The molecule has 1 aromatic carbocycles. The zero-order valence-corrected chi connectivity index (χ0v) is 11.1. The van der Waals surface area contributed by atoms with Gasteiger partial charge in [0.15, 0.2) is 0 Å². The quantitative estimate of drug-likeness (QED) is 0.882. The molecule has 0 aliphatic heterocycles. The minimum Gasteiger partial charge on any atom is -0.323 e. The van der Waals surface area contributed by atoms with E-state index in [0.717, 1.165) is 15.7 Å². The van der Waals surface area contributed by atoms with Crippen LogP contribution in [0.15, 0.2) is 59.3 Å². The molecule has 0 saturated carbocycles. The summed E-state index contributed by atoms with van der Waals surface area (Å²) in [5, 5.41) is 2.77. The van der Waals surface area contributed by atoms with Crippen molar-refractivity contribution < 1.29 is 4.79 Å². The Hall–Kier alpha value is -1.94. The molecule has 1 aromatic heterocycles. The smallest absolute Gasteiger partial charge is 0.248 e. The van der Waals surface area contributed by atoms with E-state index in [1.807, 2.05) is 36.4 Å². The maximum atomic E-state index is 11.6. The van der Waals surface area contributed by atoms with Gasteiger partial charge in [0.2, 0.25) is 5.91 Å². The maximum Gasteiger partial charge on any atom is 0.248 e. The van der Waals surface area contributed by atoms with Gasteiger partial charge in [0.05, 0.1) is 0 Å². The molecule has 0 atom stereocenters. The van der Waals surface area contributed by atoms with Gasteiger partial charge in [0.1, 0.15) is 0 Å². The fraction of sp³-hybridized carbons (Fsp3) is 0. The van der Waals surface area contributed by atoms with Crippen molar-refractivity contribution in [1.29, 1.82) is 0 Å². The van der Waals surface area contributed by atoms with E-state index >= 15 is 0 Å². The number of benzene rings is 1. The molecule has 1 heterocycles. The van der Waals surface area contributed by atoms with Crippen LogP contribution in [-0.2, 0) is 4.79 Å². The highest BCUT2D eigenvalue weighted by atomic mass is 79.9. The number of rotatable bonds is 3. The van der Waals surface area contributed by atoms with Crippen LogP contribution in [0.2, 0.25) is 0 Å². The van der Waals surface area contributed by atoms with Gasteiger partial charge < -0.3 is 5.32 Å². The standard InChI is InChI=1S/C14H11BrN2O/c15-12-4-6-13(7-5-12)17-14(18)8-3-11-2-1-9-16-10-11/h1-10H,(H,17,18)/b8-3+. The summed E-state index contributed by atoms with van der Waals surface area (Å²) < 4.78 is 0.978. The van der Waals surface area contributed by atoms with Gasteiger partial charge in [-0.3, -0.25) is 9.78 Å². The molecule has 2 rings (SSSR count). The van der Waals surface area contributed by atoms with Crippen LogP contribution in [0.3, 0.4) is 0 Å². The summed E-state index contributed by atoms with van der Waals surface area (Å²) in [6.45, 7) is 0. The minimum atomic E-state index is -0.166. The molecule has 0 aliphatic rings. The lowest BCUT2D eigenvalue weighted by molar-refractivity contribution is -0.111. The zero-order chi connectivity index (χ0) is 12.8. The fourth-order valence-corrected chi connectivity index (χ4v) is 1.63. The highest BCUT2D eigenvalue weighted by Crippen LogP contribution is 2.14. The number of halogens is 1. The Morgan fingerprint density at radius 2 is 2.00 bits per heavy atom. The van der Waals surface area contributed by atoms with Crippen molar-refractivity contribution >= 4 is 33.6 Å². The van der Waals surface area contributed by atoms with Crippen molar-refractivity contribution in [2.24, 2.45) is 0 Å². The SMILES string of the molecule is O=C(/C=C/c1cccnc1)Nc1ccc(Br)cc1. The molecule has 3 nitrogen and oxygen atoms in total. The molecule has 0 aliphatic carbocycles. The zero-order valence-electron chi connectivity index (χ0n) is 9.51. The molecule has 0 bridgehead atoms. The Labute approximate surface area is 114 Å². The number of hydrogen-bond donors (Lipinski definition) is 1. The predicted octanol–water partition coefficient (Wildman–Crippen LogP) is 3.50. The molecule has 2 aromatic rings. The second-order valence-electron chi connectivity index (χ2n) is 3.62. The third kappa shape index (κ3) is 3.82.